The minimum absolute atomic E-state index is 0.0605. The Balaban J connectivity index is 1.84. The summed E-state index contributed by atoms with van der Waals surface area (Å²) < 4.78 is 23.6. The Labute approximate surface area is 238 Å². The Bertz CT molecular complexity index is 907. The van der Waals surface area contributed by atoms with Crippen LogP contribution in [-0.2, 0) is 18.9 Å². The molecule has 0 aromatic rings. The first-order chi connectivity index (χ1) is 19.2. The Morgan fingerprint density at radius 3 is 2.17 bits per heavy atom. The van der Waals surface area contributed by atoms with Crippen molar-refractivity contribution in [3.8, 4) is 0 Å². The molecular weight excluding hydrogens is 546 g/mol. The zero-order valence-electron chi connectivity index (χ0n) is 23.3. The molecule has 3 rings (SSSR count). The first kappa shape index (κ1) is 33.9. The highest BCUT2D eigenvalue weighted by molar-refractivity contribution is 5.88. The fourth-order valence-corrected chi connectivity index (χ4v) is 4.98. The topological polar surface area (TPSA) is 313 Å². The molecule has 0 aromatic heterocycles. The van der Waals surface area contributed by atoms with Crippen molar-refractivity contribution in [3.63, 3.8) is 0 Å². The van der Waals surface area contributed by atoms with Crippen LogP contribution in [-0.4, -0.2) is 147 Å². The van der Waals surface area contributed by atoms with E-state index in [1.54, 1.807) is 0 Å². The number of ether oxygens (including phenoxy) is 4. The van der Waals surface area contributed by atoms with E-state index in [2.05, 4.69) is 9.98 Å². The number of aliphatic hydroxyl groups is 6. The van der Waals surface area contributed by atoms with E-state index in [4.69, 9.17) is 52.7 Å². The molecule has 17 heteroatoms. The molecule has 0 radical (unpaired) electrons. The molecule has 3 fully saturated rings. The fraction of sp³-hybridized carbons (Fsp3) is 0.917. The zero-order chi connectivity index (χ0) is 30.6. The van der Waals surface area contributed by atoms with Crippen LogP contribution >= 0.6 is 0 Å². The highest BCUT2D eigenvalue weighted by atomic mass is 16.7. The third kappa shape index (κ3) is 8.29. The minimum Gasteiger partial charge on any atom is -0.394 e. The van der Waals surface area contributed by atoms with E-state index in [0.29, 0.717) is 12.8 Å². The number of aliphatic hydroxyl groups excluding tert-OH is 5. The maximum atomic E-state index is 11.5. The standard InChI is InChI=1S/C24H47N7O10/c1-24(2,37)23(29)31-12-5-11(26)19(40-21-10(25)4-3-9(38-21)6-30-14(27)8-33)18(36)20(12)41-22-17(35)15(28)16(34)13(7-32)39-22/h9-13,15-22,32-37H,3-8,25-26,28H2,1-2H3,(H2,27,30)(H2,29,31). The van der Waals surface area contributed by atoms with Crippen LogP contribution in [0.25, 0.3) is 0 Å². The first-order valence-corrected chi connectivity index (χ1v) is 13.7. The van der Waals surface area contributed by atoms with Crippen LogP contribution in [0.15, 0.2) is 9.98 Å². The summed E-state index contributed by atoms with van der Waals surface area (Å²) in [7, 11) is 0. The van der Waals surface area contributed by atoms with Crippen molar-refractivity contribution >= 4 is 11.7 Å². The number of rotatable bonds is 10. The van der Waals surface area contributed by atoms with Crippen molar-refractivity contribution in [1.29, 1.82) is 0 Å². The van der Waals surface area contributed by atoms with Gasteiger partial charge in [0.15, 0.2) is 12.6 Å². The van der Waals surface area contributed by atoms with Crippen LogP contribution in [0.5, 0.6) is 0 Å². The van der Waals surface area contributed by atoms with E-state index in [9.17, 15) is 25.5 Å². The number of amidine groups is 2. The van der Waals surface area contributed by atoms with E-state index in [0.717, 1.165) is 0 Å². The van der Waals surface area contributed by atoms with Gasteiger partial charge in [0.05, 0.1) is 37.4 Å². The van der Waals surface area contributed by atoms with Gasteiger partial charge in [0.2, 0.25) is 0 Å². The Kier molecular flexibility index (Phi) is 11.8. The Morgan fingerprint density at radius 1 is 0.902 bits per heavy atom. The lowest BCUT2D eigenvalue weighted by Crippen LogP contribution is -2.66. The summed E-state index contributed by atoms with van der Waals surface area (Å²) in [6, 6.07) is -3.53. The summed E-state index contributed by atoms with van der Waals surface area (Å²) in [5.41, 5.74) is 28.7. The number of nitrogens with zero attached hydrogens (tertiary/aromatic N) is 2. The molecular formula is C24H47N7O10. The van der Waals surface area contributed by atoms with Crippen LogP contribution in [0.2, 0.25) is 0 Å². The number of hydrogen-bond donors (Lipinski definition) is 11. The smallest absolute Gasteiger partial charge is 0.186 e. The molecule has 13 atom stereocenters. The predicted octanol–water partition coefficient (Wildman–Crippen LogP) is -5.71. The first-order valence-electron chi connectivity index (χ1n) is 13.7. The van der Waals surface area contributed by atoms with Gasteiger partial charge in [0.25, 0.3) is 0 Å². The highest BCUT2D eigenvalue weighted by Gasteiger charge is 2.51. The lowest BCUT2D eigenvalue weighted by Gasteiger charge is -2.47. The molecule has 2 aliphatic heterocycles. The van der Waals surface area contributed by atoms with Crippen molar-refractivity contribution in [2.45, 2.75) is 118 Å². The van der Waals surface area contributed by atoms with Gasteiger partial charge in [0, 0.05) is 6.04 Å². The summed E-state index contributed by atoms with van der Waals surface area (Å²) in [4.78, 5) is 8.43. The van der Waals surface area contributed by atoms with Crippen molar-refractivity contribution in [2.24, 2.45) is 38.7 Å². The van der Waals surface area contributed by atoms with E-state index >= 15 is 0 Å². The summed E-state index contributed by atoms with van der Waals surface area (Å²) in [6.07, 6.45) is -9.63. The van der Waals surface area contributed by atoms with Gasteiger partial charge in [-0.3, -0.25) is 9.98 Å². The second-order valence-corrected chi connectivity index (χ2v) is 11.4. The average Bonchev–Trinajstić information content (AvgIpc) is 2.92. The van der Waals surface area contributed by atoms with Gasteiger partial charge >= 0.3 is 0 Å². The molecule has 3 aliphatic rings. The van der Waals surface area contributed by atoms with E-state index < -0.39 is 91.7 Å². The maximum absolute atomic E-state index is 11.5. The third-order valence-corrected chi connectivity index (χ3v) is 7.60. The summed E-state index contributed by atoms with van der Waals surface area (Å²) >= 11 is 0. The molecule has 1 saturated carbocycles. The largest absolute Gasteiger partial charge is 0.394 e. The van der Waals surface area contributed by atoms with Crippen molar-refractivity contribution in [1.82, 2.24) is 0 Å². The Morgan fingerprint density at radius 2 is 1.56 bits per heavy atom. The zero-order valence-corrected chi connectivity index (χ0v) is 23.3. The summed E-state index contributed by atoms with van der Waals surface area (Å²) in [5.74, 6) is -0.0890. The number of nitrogens with two attached hydrogens (primary N) is 5. The van der Waals surface area contributed by atoms with Gasteiger partial charge < -0.3 is 78.3 Å². The van der Waals surface area contributed by atoms with Gasteiger partial charge in [-0.15, -0.1) is 0 Å². The highest BCUT2D eigenvalue weighted by Crippen LogP contribution is 2.33. The molecule has 0 spiro atoms. The van der Waals surface area contributed by atoms with Crippen LogP contribution in [0, 0.1) is 0 Å². The van der Waals surface area contributed by atoms with Crippen molar-refractivity contribution < 1.29 is 49.6 Å². The molecule has 0 bridgehead atoms. The molecule has 2 saturated heterocycles. The van der Waals surface area contributed by atoms with Gasteiger partial charge in [0.1, 0.15) is 60.5 Å². The summed E-state index contributed by atoms with van der Waals surface area (Å²) in [5, 5.41) is 61.4. The van der Waals surface area contributed by atoms with Gasteiger partial charge in [-0.25, -0.2) is 0 Å². The molecule has 16 N–H and O–H groups in total. The SMILES string of the molecule is CC(C)(O)C(N)=NC1CC(N)C(OC2OC(CN=C(N)CO)CCC2N)C(O)C1OC1OC(CO)C(O)C(N)C1O. The predicted molar refractivity (Wildman–Crippen MR) is 145 cm³/mol. The second-order valence-electron chi connectivity index (χ2n) is 11.4. The molecule has 2 heterocycles. The van der Waals surface area contributed by atoms with Crippen molar-refractivity contribution in [3.05, 3.63) is 0 Å². The lowest BCUT2D eigenvalue weighted by atomic mass is 9.83. The molecule has 17 nitrogen and oxygen atoms in total. The van der Waals surface area contributed by atoms with Crippen molar-refractivity contribution in [2.75, 3.05) is 19.8 Å². The third-order valence-electron chi connectivity index (χ3n) is 7.60. The van der Waals surface area contributed by atoms with Gasteiger partial charge in [-0.05, 0) is 33.1 Å². The number of hydrogen-bond acceptors (Lipinski definition) is 15. The quantitative estimate of drug-likeness (QED) is 0.0830. The molecule has 0 aromatic carbocycles. The van der Waals surface area contributed by atoms with Gasteiger partial charge in [-0.2, -0.15) is 0 Å². The van der Waals surface area contributed by atoms with Crippen LogP contribution in [0.3, 0.4) is 0 Å². The van der Waals surface area contributed by atoms with E-state index in [1.165, 1.54) is 13.8 Å². The molecule has 0 amide bonds. The van der Waals surface area contributed by atoms with Crippen LogP contribution in [0.1, 0.15) is 33.1 Å². The van der Waals surface area contributed by atoms with E-state index in [-0.39, 0.29) is 31.2 Å². The minimum atomic E-state index is -1.53. The molecule has 238 valence electrons. The fourth-order valence-electron chi connectivity index (χ4n) is 4.98. The van der Waals surface area contributed by atoms with Crippen LogP contribution in [0.4, 0.5) is 0 Å². The maximum Gasteiger partial charge on any atom is 0.186 e. The van der Waals surface area contributed by atoms with Crippen LogP contribution < -0.4 is 28.7 Å². The van der Waals surface area contributed by atoms with E-state index in [1.807, 2.05) is 0 Å². The molecule has 13 unspecified atom stereocenters. The molecule has 41 heavy (non-hydrogen) atoms. The van der Waals surface area contributed by atoms with Gasteiger partial charge in [-0.1, -0.05) is 0 Å². The monoisotopic (exact) mass is 593 g/mol. The Hall–Kier alpha value is -1.58. The normalized spacial score (nSPS) is 43.2. The second kappa shape index (κ2) is 14.3. The average molecular weight is 594 g/mol. The number of aliphatic imine (C=N–C) groups is 2. The lowest BCUT2D eigenvalue weighted by molar-refractivity contribution is -0.312. The molecule has 1 aliphatic carbocycles. The summed E-state index contributed by atoms with van der Waals surface area (Å²) in [6.45, 7) is 2.05.